The average Bonchev–Trinajstić information content (AvgIpc) is 2.97. The third-order valence-corrected chi connectivity index (χ3v) is 4.79. The monoisotopic (exact) mass is 362 g/mol. The van der Waals surface area contributed by atoms with Crippen LogP contribution in [0.2, 0.25) is 5.02 Å². The van der Waals surface area contributed by atoms with Gasteiger partial charge >= 0.3 is 0 Å². The maximum Gasteiger partial charge on any atom is 0.149 e. The van der Waals surface area contributed by atoms with Crippen molar-refractivity contribution in [1.29, 1.82) is 0 Å². The minimum Gasteiger partial charge on any atom is -0.362 e. The first kappa shape index (κ1) is 16.1. The summed E-state index contributed by atoms with van der Waals surface area (Å²) in [4.78, 5) is 4.85. The summed E-state index contributed by atoms with van der Waals surface area (Å²) in [5, 5.41) is 0.315. The van der Waals surface area contributed by atoms with Crippen LogP contribution in [0.1, 0.15) is 11.3 Å². The Bertz CT molecular complexity index is 911. The first-order valence-corrected chi connectivity index (χ1v) is 8.26. The molecule has 0 unspecified atom stereocenters. The largest absolute Gasteiger partial charge is 0.362 e. The molecule has 0 aliphatic carbocycles. The molecule has 1 aliphatic rings. The van der Waals surface area contributed by atoms with E-state index in [-0.39, 0.29) is 5.69 Å². The minimum atomic E-state index is -0.587. The summed E-state index contributed by atoms with van der Waals surface area (Å²) in [5.74, 6) is -1.59. The molecule has 0 saturated carbocycles. The lowest BCUT2D eigenvalue weighted by Crippen LogP contribution is -2.31. The van der Waals surface area contributed by atoms with Crippen molar-refractivity contribution in [1.82, 2.24) is 4.98 Å². The van der Waals surface area contributed by atoms with E-state index in [4.69, 9.17) is 11.6 Å². The number of benzene rings is 2. The Balaban J connectivity index is 1.70. The molecule has 0 amide bonds. The Labute approximate surface area is 147 Å². The van der Waals surface area contributed by atoms with Crippen LogP contribution in [0.5, 0.6) is 0 Å². The van der Waals surface area contributed by atoms with Crippen LogP contribution in [0.25, 0.3) is 11.3 Å². The second-order valence-corrected chi connectivity index (χ2v) is 6.43. The summed E-state index contributed by atoms with van der Waals surface area (Å²) in [6, 6.07) is 10.2. The number of fused-ring (bicyclic) bond motifs is 1. The van der Waals surface area contributed by atoms with Crippen molar-refractivity contribution in [2.24, 2.45) is 0 Å². The number of para-hydroxylation sites is 1. The van der Waals surface area contributed by atoms with E-state index in [2.05, 4.69) is 4.98 Å². The lowest BCUT2D eigenvalue weighted by Gasteiger charge is -2.29. The van der Waals surface area contributed by atoms with E-state index in [0.717, 1.165) is 11.3 Å². The van der Waals surface area contributed by atoms with Crippen molar-refractivity contribution in [2.75, 3.05) is 11.4 Å². The highest BCUT2D eigenvalue weighted by Gasteiger charge is 2.24. The summed E-state index contributed by atoms with van der Waals surface area (Å²) in [6.07, 6.45) is 0.579. The van der Waals surface area contributed by atoms with Crippen molar-refractivity contribution in [3.05, 3.63) is 76.2 Å². The first-order chi connectivity index (χ1) is 12.0. The van der Waals surface area contributed by atoms with E-state index >= 15 is 0 Å². The van der Waals surface area contributed by atoms with E-state index in [1.165, 1.54) is 24.3 Å². The Morgan fingerprint density at radius 1 is 0.960 bits per heavy atom. The fraction of sp³-hybridized carbons (Fsp3) is 0.158. The molecule has 1 N–H and O–H groups in total. The first-order valence-electron chi connectivity index (χ1n) is 7.88. The molecule has 4 rings (SSSR count). The van der Waals surface area contributed by atoms with E-state index in [9.17, 15) is 13.2 Å². The molecule has 0 atom stereocenters. The Hall–Kier alpha value is -2.40. The zero-order valence-corrected chi connectivity index (χ0v) is 13.9. The molecule has 128 valence electrons. The fourth-order valence-corrected chi connectivity index (χ4v) is 3.57. The maximum atomic E-state index is 14.1. The maximum absolute atomic E-state index is 14.1. The molecule has 2 aromatic carbocycles. The van der Waals surface area contributed by atoms with Gasteiger partial charge in [-0.3, -0.25) is 0 Å². The number of aromatic amines is 1. The number of anilines is 1. The Morgan fingerprint density at radius 2 is 1.64 bits per heavy atom. The van der Waals surface area contributed by atoms with Gasteiger partial charge in [0.25, 0.3) is 0 Å². The number of nitrogens with zero attached hydrogens (tertiary/aromatic N) is 1. The lowest BCUT2D eigenvalue weighted by atomic mass is 10.1. The molecule has 6 heteroatoms. The van der Waals surface area contributed by atoms with E-state index in [1.54, 1.807) is 23.1 Å². The van der Waals surface area contributed by atoms with Gasteiger partial charge in [-0.2, -0.15) is 0 Å². The van der Waals surface area contributed by atoms with Crippen LogP contribution in [0.4, 0.5) is 18.9 Å². The van der Waals surface area contributed by atoms with Gasteiger partial charge in [-0.05, 0) is 35.9 Å². The SMILES string of the molecule is Fc1cccc(Cl)c1-c1cc2c([nH]1)CCN(c1c(F)cccc1F)C2. The van der Waals surface area contributed by atoms with Crippen LogP contribution < -0.4 is 4.90 Å². The van der Waals surface area contributed by atoms with Gasteiger partial charge in [0.1, 0.15) is 23.1 Å². The molecule has 25 heavy (non-hydrogen) atoms. The molecule has 2 nitrogen and oxygen atoms in total. The topological polar surface area (TPSA) is 19.0 Å². The molecule has 0 spiro atoms. The number of rotatable bonds is 2. The van der Waals surface area contributed by atoms with Crippen LogP contribution in [0.15, 0.2) is 42.5 Å². The zero-order chi connectivity index (χ0) is 17.6. The molecular formula is C19H14ClF3N2. The van der Waals surface area contributed by atoms with Crippen LogP contribution in [0, 0.1) is 17.5 Å². The number of hydrogen-bond donors (Lipinski definition) is 1. The normalized spacial score (nSPS) is 13.8. The average molecular weight is 363 g/mol. The van der Waals surface area contributed by atoms with E-state index in [1.807, 2.05) is 0 Å². The predicted octanol–water partition coefficient (Wildman–Crippen LogP) is 5.32. The van der Waals surface area contributed by atoms with Gasteiger partial charge < -0.3 is 9.88 Å². The van der Waals surface area contributed by atoms with Crippen molar-refractivity contribution in [2.45, 2.75) is 13.0 Å². The fourth-order valence-electron chi connectivity index (χ4n) is 3.31. The molecule has 0 saturated heterocycles. The third-order valence-electron chi connectivity index (χ3n) is 4.47. The van der Waals surface area contributed by atoms with Crippen LogP contribution in [-0.4, -0.2) is 11.5 Å². The molecular weight excluding hydrogens is 349 g/mol. The van der Waals surface area contributed by atoms with Crippen molar-refractivity contribution < 1.29 is 13.2 Å². The predicted molar refractivity (Wildman–Crippen MR) is 92.3 cm³/mol. The summed E-state index contributed by atoms with van der Waals surface area (Å²) in [6.45, 7) is 0.811. The Morgan fingerprint density at radius 3 is 2.36 bits per heavy atom. The number of hydrogen-bond acceptors (Lipinski definition) is 1. The lowest BCUT2D eigenvalue weighted by molar-refractivity contribution is 0.564. The van der Waals surface area contributed by atoms with Gasteiger partial charge in [-0.25, -0.2) is 13.2 Å². The molecule has 0 fully saturated rings. The van der Waals surface area contributed by atoms with Gasteiger partial charge in [-0.1, -0.05) is 23.7 Å². The van der Waals surface area contributed by atoms with Crippen LogP contribution in [0.3, 0.4) is 0 Å². The van der Waals surface area contributed by atoms with Gasteiger partial charge in [-0.15, -0.1) is 0 Å². The van der Waals surface area contributed by atoms with Crippen molar-refractivity contribution >= 4 is 17.3 Å². The van der Waals surface area contributed by atoms with Gasteiger partial charge in [0.2, 0.25) is 0 Å². The van der Waals surface area contributed by atoms with E-state index in [0.29, 0.717) is 35.8 Å². The quantitative estimate of drug-likeness (QED) is 0.654. The highest BCUT2D eigenvalue weighted by atomic mass is 35.5. The Kier molecular flexibility index (Phi) is 3.96. The second kappa shape index (κ2) is 6.15. The van der Waals surface area contributed by atoms with E-state index < -0.39 is 17.5 Å². The number of nitrogens with one attached hydrogen (secondary N) is 1. The molecule has 1 aromatic heterocycles. The third kappa shape index (κ3) is 2.78. The summed E-state index contributed by atoms with van der Waals surface area (Å²) in [5.41, 5.74) is 2.66. The molecule has 2 heterocycles. The highest BCUT2D eigenvalue weighted by Crippen LogP contribution is 2.34. The van der Waals surface area contributed by atoms with Crippen LogP contribution >= 0.6 is 11.6 Å². The van der Waals surface area contributed by atoms with Crippen LogP contribution in [-0.2, 0) is 13.0 Å². The van der Waals surface area contributed by atoms with Gasteiger partial charge in [0, 0.05) is 25.2 Å². The van der Waals surface area contributed by atoms with Gasteiger partial charge in [0.05, 0.1) is 16.3 Å². The van der Waals surface area contributed by atoms with Crippen molar-refractivity contribution in [3.8, 4) is 11.3 Å². The molecule has 3 aromatic rings. The smallest absolute Gasteiger partial charge is 0.149 e. The summed E-state index contributed by atoms with van der Waals surface area (Å²) < 4.78 is 42.2. The number of halogens is 4. The zero-order valence-electron chi connectivity index (χ0n) is 13.1. The highest BCUT2D eigenvalue weighted by molar-refractivity contribution is 6.33. The molecule has 1 aliphatic heterocycles. The number of H-pyrrole nitrogens is 1. The standard InChI is InChI=1S/C19H14ClF3N2/c20-12-3-1-4-13(21)18(12)17-9-11-10-25(8-7-16(11)24-17)19-14(22)5-2-6-15(19)23/h1-6,9,24H,7-8,10H2. The van der Waals surface area contributed by atoms with Gasteiger partial charge in [0.15, 0.2) is 0 Å². The second-order valence-electron chi connectivity index (χ2n) is 6.03. The number of aromatic nitrogens is 1. The van der Waals surface area contributed by atoms with Crippen molar-refractivity contribution in [3.63, 3.8) is 0 Å². The molecule has 0 radical (unpaired) electrons. The summed E-state index contributed by atoms with van der Waals surface area (Å²) in [7, 11) is 0. The molecule has 0 bridgehead atoms. The minimum absolute atomic E-state index is 0.0279. The summed E-state index contributed by atoms with van der Waals surface area (Å²) >= 11 is 6.12.